The Hall–Kier alpha value is -2.66. The molecule has 2 aromatic carbocycles. The van der Waals surface area contributed by atoms with Gasteiger partial charge < -0.3 is 9.47 Å². The van der Waals surface area contributed by atoms with E-state index in [9.17, 15) is 16.8 Å². The predicted molar refractivity (Wildman–Crippen MR) is 134 cm³/mol. The lowest BCUT2D eigenvalue weighted by atomic mass is 10.1. The summed E-state index contributed by atoms with van der Waals surface area (Å²) in [4.78, 5) is 0. The molecule has 0 amide bonds. The van der Waals surface area contributed by atoms with Crippen molar-refractivity contribution >= 4 is 38.5 Å². The van der Waals surface area contributed by atoms with Gasteiger partial charge in [0, 0.05) is 11.6 Å². The van der Waals surface area contributed by atoms with Crippen molar-refractivity contribution < 1.29 is 35.4 Å². The average molecular weight is 511 g/mol. The van der Waals surface area contributed by atoms with Crippen LogP contribution in [0, 0.1) is 0 Å². The fraction of sp³-hybridized carbons (Fsp3) is 0.333. The fourth-order valence-electron chi connectivity index (χ4n) is 2.94. The van der Waals surface area contributed by atoms with Crippen molar-refractivity contribution in [3.63, 3.8) is 0 Å². The molecule has 0 saturated heterocycles. The molecule has 0 aromatic heterocycles. The Bertz CT molecular complexity index is 1170. The molecule has 0 aliphatic carbocycles. The lowest BCUT2D eigenvalue weighted by Gasteiger charge is -2.12. The molecular formula is C24H30O8S2. The van der Waals surface area contributed by atoms with Crippen molar-refractivity contribution in [1.82, 2.24) is 0 Å². The van der Waals surface area contributed by atoms with Gasteiger partial charge >= 0.3 is 0 Å². The van der Waals surface area contributed by atoms with Gasteiger partial charge in [0.05, 0.1) is 24.7 Å². The van der Waals surface area contributed by atoms with E-state index in [1.807, 2.05) is 42.5 Å². The van der Waals surface area contributed by atoms with E-state index in [4.69, 9.17) is 18.6 Å². The van der Waals surface area contributed by atoms with Crippen LogP contribution >= 0.6 is 0 Å². The van der Waals surface area contributed by atoms with Gasteiger partial charge in [-0.05, 0) is 48.9 Å². The maximum atomic E-state index is 10.9. The van der Waals surface area contributed by atoms with Gasteiger partial charge in [0.25, 0.3) is 20.2 Å². The van der Waals surface area contributed by atoms with Crippen molar-refractivity contribution in [2.75, 3.05) is 24.7 Å². The third-order valence-electron chi connectivity index (χ3n) is 4.73. The normalized spacial score (nSPS) is 12.1. The summed E-state index contributed by atoms with van der Waals surface area (Å²) in [5.41, 5.74) is 2.80. The number of unbranched alkanes of at least 4 members (excludes halogenated alkanes) is 2. The Morgan fingerprint density at radius 1 is 0.735 bits per heavy atom. The van der Waals surface area contributed by atoms with E-state index in [-0.39, 0.29) is 37.6 Å². The molecule has 2 rings (SSSR count). The molecule has 10 heteroatoms. The Kier molecular flexibility index (Phi) is 10.8. The first-order valence-corrected chi connectivity index (χ1v) is 14.0. The van der Waals surface area contributed by atoms with Crippen LogP contribution in [-0.4, -0.2) is 50.7 Å². The average Bonchev–Trinajstić information content (AvgIpc) is 2.77. The van der Waals surface area contributed by atoms with Gasteiger partial charge in [-0.3, -0.25) is 9.11 Å². The summed E-state index contributed by atoms with van der Waals surface area (Å²) in [6, 6.07) is 13.2. The first-order valence-electron chi connectivity index (χ1n) is 10.8. The van der Waals surface area contributed by atoms with E-state index in [0.717, 1.165) is 16.7 Å². The Labute approximate surface area is 201 Å². The second-order valence-corrected chi connectivity index (χ2v) is 10.7. The second kappa shape index (κ2) is 13.3. The van der Waals surface area contributed by atoms with Crippen LogP contribution in [0.4, 0.5) is 0 Å². The van der Waals surface area contributed by atoms with Gasteiger partial charge in [0.1, 0.15) is 11.5 Å². The summed E-state index contributed by atoms with van der Waals surface area (Å²) in [7, 11) is -7.98. The highest BCUT2D eigenvalue weighted by molar-refractivity contribution is 7.86. The molecule has 34 heavy (non-hydrogen) atoms. The van der Waals surface area contributed by atoms with Crippen LogP contribution in [0.25, 0.3) is 18.2 Å². The molecule has 0 atom stereocenters. The quantitative estimate of drug-likeness (QED) is 0.202. The molecule has 0 aliphatic heterocycles. The fourth-order valence-corrected chi connectivity index (χ4v) is 4.08. The largest absolute Gasteiger partial charge is 0.493 e. The van der Waals surface area contributed by atoms with Crippen molar-refractivity contribution in [2.45, 2.75) is 25.7 Å². The predicted octanol–water partition coefficient (Wildman–Crippen LogP) is 4.59. The molecule has 0 radical (unpaired) electrons. The summed E-state index contributed by atoms with van der Waals surface area (Å²) in [6.07, 6.45) is 7.03. The van der Waals surface area contributed by atoms with Crippen molar-refractivity contribution in [2.24, 2.45) is 0 Å². The Balaban J connectivity index is 2.05. The second-order valence-electron chi connectivity index (χ2n) is 7.59. The summed E-state index contributed by atoms with van der Waals surface area (Å²) in [6.45, 7) is 4.26. The number of benzene rings is 2. The molecule has 0 spiro atoms. The van der Waals surface area contributed by atoms with E-state index in [2.05, 4.69) is 6.58 Å². The Morgan fingerprint density at radius 3 is 1.85 bits per heavy atom. The summed E-state index contributed by atoms with van der Waals surface area (Å²) in [5, 5.41) is 0. The Morgan fingerprint density at radius 2 is 1.29 bits per heavy atom. The minimum Gasteiger partial charge on any atom is -0.493 e. The number of hydrogen-bond donors (Lipinski definition) is 2. The zero-order valence-electron chi connectivity index (χ0n) is 18.8. The van der Waals surface area contributed by atoms with Gasteiger partial charge in [-0.25, -0.2) is 0 Å². The third-order valence-corrected chi connectivity index (χ3v) is 6.34. The summed E-state index contributed by atoms with van der Waals surface area (Å²) in [5.74, 6) is 0.441. The highest BCUT2D eigenvalue weighted by Gasteiger charge is 2.08. The molecule has 0 aliphatic rings. The highest BCUT2D eigenvalue weighted by atomic mass is 32.2. The SMILES string of the molecule is C=Cc1ccc(/C=C/c2ccc(OCCCCS(=O)(=O)O)cc2OCCCCS(=O)(=O)O)cc1. The number of rotatable bonds is 15. The van der Waals surface area contributed by atoms with Crippen LogP contribution in [0.2, 0.25) is 0 Å². The van der Waals surface area contributed by atoms with Crippen LogP contribution in [0.5, 0.6) is 11.5 Å². The topological polar surface area (TPSA) is 127 Å². The van der Waals surface area contributed by atoms with Gasteiger partial charge in [-0.1, -0.05) is 49.1 Å². The number of hydrogen-bond acceptors (Lipinski definition) is 6. The molecule has 2 aromatic rings. The van der Waals surface area contributed by atoms with E-state index in [0.29, 0.717) is 24.3 Å². The van der Waals surface area contributed by atoms with Gasteiger partial charge in [0.15, 0.2) is 0 Å². The highest BCUT2D eigenvalue weighted by Crippen LogP contribution is 2.27. The molecule has 0 bridgehead atoms. The van der Waals surface area contributed by atoms with Crippen LogP contribution < -0.4 is 9.47 Å². The molecule has 0 fully saturated rings. The minimum atomic E-state index is -4.00. The first-order chi connectivity index (χ1) is 16.1. The maximum Gasteiger partial charge on any atom is 0.264 e. The standard InChI is InChI=1S/C24H30O8S2/c1-2-20-7-9-21(10-8-20)11-12-22-13-14-23(31-15-3-5-17-33(25,26)27)19-24(22)32-16-4-6-18-34(28,29)30/h2,7-14,19H,1,3-6,15-18H2,(H,25,26,27)(H,28,29,30)/b12-11+. The van der Waals surface area contributed by atoms with E-state index < -0.39 is 20.2 Å². The van der Waals surface area contributed by atoms with Crippen LogP contribution in [0.1, 0.15) is 42.4 Å². The smallest absolute Gasteiger partial charge is 0.264 e. The van der Waals surface area contributed by atoms with Crippen molar-refractivity contribution in [3.05, 3.63) is 65.7 Å². The van der Waals surface area contributed by atoms with Crippen LogP contribution in [0.3, 0.4) is 0 Å². The zero-order chi connectivity index (χ0) is 25.0. The number of ether oxygens (including phenoxy) is 2. The lowest BCUT2D eigenvalue weighted by Crippen LogP contribution is -2.07. The molecule has 2 N–H and O–H groups in total. The zero-order valence-corrected chi connectivity index (χ0v) is 20.4. The van der Waals surface area contributed by atoms with Crippen LogP contribution in [-0.2, 0) is 20.2 Å². The molecule has 0 unspecified atom stereocenters. The monoisotopic (exact) mass is 510 g/mol. The maximum absolute atomic E-state index is 10.9. The molecule has 186 valence electrons. The first kappa shape index (κ1) is 27.6. The molecule has 0 saturated carbocycles. The third kappa shape index (κ3) is 11.5. The molecule has 0 heterocycles. The van der Waals surface area contributed by atoms with Gasteiger partial charge in [0.2, 0.25) is 0 Å². The molecular weight excluding hydrogens is 480 g/mol. The van der Waals surface area contributed by atoms with Crippen molar-refractivity contribution in [1.29, 1.82) is 0 Å². The lowest BCUT2D eigenvalue weighted by molar-refractivity contribution is 0.293. The van der Waals surface area contributed by atoms with Crippen LogP contribution in [0.15, 0.2) is 49.0 Å². The van der Waals surface area contributed by atoms with E-state index in [1.54, 1.807) is 18.2 Å². The van der Waals surface area contributed by atoms with E-state index >= 15 is 0 Å². The van der Waals surface area contributed by atoms with E-state index in [1.165, 1.54) is 0 Å². The summed E-state index contributed by atoms with van der Waals surface area (Å²) < 4.78 is 72.4. The van der Waals surface area contributed by atoms with Crippen molar-refractivity contribution in [3.8, 4) is 11.5 Å². The minimum absolute atomic E-state index is 0.252. The van der Waals surface area contributed by atoms with Gasteiger partial charge in [-0.15, -0.1) is 0 Å². The summed E-state index contributed by atoms with van der Waals surface area (Å²) >= 11 is 0. The molecule has 8 nitrogen and oxygen atoms in total. The van der Waals surface area contributed by atoms with Gasteiger partial charge in [-0.2, -0.15) is 16.8 Å².